The van der Waals surface area contributed by atoms with Crippen molar-refractivity contribution in [2.75, 3.05) is 23.8 Å². The second-order valence-corrected chi connectivity index (χ2v) is 5.39. The Morgan fingerprint density at radius 1 is 1.60 bits per heavy atom. The molecule has 0 N–H and O–H groups in total. The third kappa shape index (κ3) is 3.04. The average molecular weight is 290 g/mol. The van der Waals surface area contributed by atoms with Crippen molar-refractivity contribution in [3.05, 3.63) is 36.4 Å². The highest BCUT2D eigenvalue weighted by molar-refractivity contribution is 8.00. The van der Waals surface area contributed by atoms with E-state index in [1.807, 2.05) is 36.9 Å². The summed E-state index contributed by atoms with van der Waals surface area (Å²) in [5, 5.41) is 4.04. The smallest absolute Gasteiger partial charge is 0.237 e. The van der Waals surface area contributed by atoms with Crippen LogP contribution in [-0.2, 0) is 9.63 Å². The first-order chi connectivity index (χ1) is 9.67. The maximum atomic E-state index is 11.9. The van der Waals surface area contributed by atoms with E-state index in [0.717, 1.165) is 21.9 Å². The van der Waals surface area contributed by atoms with Crippen molar-refractivity contribution < 1.29 is 9.63 Å². The van der Waals surface area contributed by atoms with Crippen LogP contribution >= 0.6 is 11.8 Å². The number of carbonyl (C=O) groups is 1. The number of nitrogens with zero attached hydrogens (tertiary/aromatic N) is 2. The van der Waals surface area contributed by atoms with Gasteiger partial charge in [0, 0.05) is 17.0 Å². The van der Waals surface area contributed by atoms with Crippen LogP contribution in [0.3, 0.4) is 0 Å². The molecule has 1 amide bonds. The van der Waals surface area contributed by atoms with E-state index >= 15 is 0 Å². The number of rotatable bonds is 5. The molecule has 1 aromatic rings. The third-order valence-electron chi connectivity index (χ3n) is 3.03. The van der Waals surface area contributed by atoms with E-state index in [1.54, 1.807) is 17.8 Å². The van der Waals surface area contributed by atoms with Crippen molar-refractivity contribution in [3.63, 3.8) is 0 Å². The number of hydrogen-bond donors (Lipinski definition) is 0. The van der Waals surface area contributed by atoms with Gasteiger partial charge in [-0.25, -0.2) is 0 Å². The molecule has 106 valence electrons. The fourth-order valence-electron chi connectivity index (χ4n) is 2.01. The number of carbonyl (C=O) groups excluding carboxylic acids is 1. The molecule has 1 aliphatic rings. The summed E-state index contributed by atoms with van der Waals surface area (Å²) in [6, 6.07) is 6.04. The molecule has 0 saturated heterocycles. The number of thioether (sulfide) groups is 1. The zero-order valence-electron chi connectivity index (χ0n) is 11.8. The van der Waals surface area contributed by atoms with Crippen molar-refractivity contribution in [1.82, 2.24) is 0 Å². The minimum absolute atomic E-state index is 0.152. The topological polar surface area (TPSA) is 41.9 Å². The molecule has 4 nitrogen and oxygen atoms in total. The van der Waals surface area contributed by atoms with Crippen LogP contribution in [0.15, 0.2) is 40.9 Å². The molecule has 0 fully saturated rings. The lowest BCUT2D eigenvalue weighted by atomic mass is 10.1. The van der Waals surface area contributed by atoms with Gasteiger partial charge in [0.15, 0.2) is 0 Å². The van der Waals surface area contributed by atoms with Crippen molar-refractivity contribution in [1.29, 1.82) is 0 Å². The fraction of sp³-hybridized carbons (Fsp3) is 0.333. The fourth-order valence-corrected chi connectivity index (χ4v) is 2.93. The molecule has 0 spiro atoms. The van der Waals surface area contributed by atoms with Gasteiger partial charge in [-0.2, -0.15) is 0 Å². The van der Waals surface area contributed by atoms with Crippen LogP contribution < -0.4 is 4.90 Å². The zero-order chi connectivity index (χ0) is 14.5. The van der Waals surface area contributed by atoms with E-state index in [-0.39, 0.29) is 5.91 Å². The van der Waals surface area contributed by atoms with Crippen molar-refractivity contribution in [2.45, 2.75) is 18.7 Å². The summed E-state index contributed by atoms with van der Waals surface area (Å²) in [6.07, 6.45) is 1.65. The Bertz CT molecular complexity index is 555. The Hall–Kier alpha value is -1.75. The number of amides is 1. The lowest BCUT2D eigenvalue weighted by molar-refractivity contribution is -0.116. The normalized spacial score (nSPS) is 15.0. The van der Waals surface area contributed by atoms with Crippen molar-refractivity contribution in [3.8, 4) is 0 Å². The van der Waals surface area contributed by atoms with Gasteiger partial charge in [0.1, 0.15) is 6.61 Å². The Morgan fingerprint density at radius 3 is 3.10 bits per heavy atom. The third-order valence-corrected chi connectivity index (χ3v) is 4.08. The van der Waals surface area contributed by atoms with E-state index in [0.29, 0.717) is 18.9 Å². The van der Waals surface area contributed by atoms with Gasteiger partial charge < -0.3 is 9.74 Å². The van der Waals surface area contributed by atoms with Crippen molar-refractivity contribution in [2.24, 2.45) is 5.16 Å². The summed E-state index contributed by atoms with van der Waals surface area (Å²) in [5.41, 5.74) is 2.71. The largest absolute Gasteiger partial charge is 0.391 e. The summed E-state index contributed by atoms with van der Waals surface area (Å²) in [6.45, 7) is 8.51. The molecule has 0 aromatic heterocycles. The summed E-state index contributed by atoms with van der Waals surface area (Å²) in [5.74, 6) is 0.662. The summed E-state index contributed by atoms with van der Waals surface area (Å²) in [4.78, 5) is 20.0. The van der Waals surface area contributed by atoms with Gasteiger partial charge in [0.05, 0.1) is 17.2 Å². The molecular weight excluding hydrogens is 272 g/mol. The Labute approximate surface area is 123 Å². The highest BCUT2D eigenvalue weighted by Crippen LogP contribution is 2.35. The lowest BCUT2D eigenvalue weighted by Gasteiger charge is -2.28. The molecule has 0 aliphatic carbocycles. The predicted molar refractivity (Wildman–Crippen MR) is 83.6 cm³/mol. The Balaban J connectivity index is 2.30. The molecule has 20 heavy (non-hydrogen) atoms. The molecular formula is C15H18N2O2S. The highest BCUT2D eigenvalue weighted by atomic mass is 32.2. The molecule has 0 radical (unpaired) electrons. The lowest BCUT2D eigenvalue weighted by Crippen LogP contribution is -2.35. The number of anilines is 1. The number of hydrogen-bond acceptors (Lipinski definition) is 4. The molecule has 2 rings (SSSR count). The SMILES string of the molecule is C=CCO/N=C(/C)c1ccc2c(c1)N(CC)C(=O)CS2. The monoisotopic (exact) mass is 290 g/mol. The highest BCUT2D eigenvalue weighted by Gasteiger charge is 2.23. The Kier molecular flexibility index (Phi) is 4.84. The minimum Gasteiger partial charge on any atom is -0.391 e. The van der Waals surface area contributed by atoms with Crippen LogP contribution in [0.25, 0.3) is 0 Å². The quantitative estimate of drug-likeness (QED) is 0.362. The summed E-state index contributed by atoms with van der Waals surface area (Å²) < 4.78 is 0. The zero-order valence-corrected chi connectivity index (χ0v) is 12.6. The molecule has 0 atom stereocenters. The molecule has 1 aromatic carbocycles. The molecule has 1 heterocycles. The molecule has 0 bridgehead atoms. The first-order valence-electron chi connectivity index (χ1n) is 6.52. The van der Waals surface area contributed by atoms with Crippen LogP contribution in [0.4, 0.5) is 5.69 Å². The maximum absolute atomic E-state index is 11.9. The van der Waals surface area contributed by atoms with Gasteiger partial charge >= 0.3 is 0 Å². The first-order valence-corrected chi connectivity index (χ1v) is 7.51. The molecule has 0 saturated carbocycles. The number of fused-ring (bicyclic) bond motifs is 1. The maximum Gasteiger partial charge on any atom is 0.237 e. The van der Waals surface area contributed by atoms with Gasteiger partial charge in [-0.15, -0.1) is 11.8 Å². The predicted octanol–water partition coefficient (Wildman–Crippen LogP) is 3.07. The van der Waals surface area contributed by atoms with Gasteiger partial charge in [0.2, 0.25) is 5.91 Å². The summed E-state index contributed by atoms with van der Waals surface area (Å²) in [7, 11) is 0. The molecule has 1 aliphatic heterocycles. The van der Waals surface area contributed by atoms with Gasteiger partial charge in [-0.05, 0) is 26.0 Å². The number of benzene rings is 1. The standard InChI is InChI=1S/C15H18N2O2S/c1-4-8-19-16-11(3)12-6-7-14-13(9-12)17(5-2)15(18)10-20-14/h4,6-7,9H,1,5,8,10H2,2-3H3/b16-11-. The van der Waals surface area contributed by atoms with Crippen LogP contribution in [-0.4, -0.2) is 30.5 Å². The number of oxime groups is 1. The van der Waals surface area contributed by atoms with E-state index < -0.39 is 0 Å². The Morgan fingerprint density at radius 2 is 2.40 bits per heavy atom. The van der Waals surface area contributed by atoms with Gasteiger partial charge in [-0.1, -0.05) is 23.9 Å². The van der Waals surface area contributed by atoms with Crippen molar-refractivity contribution >= 4 is 29.1 Å². The van der Waals surface area contributed by atoms with Crippen LogP contribution in [0.2, 0.25) is 0 Å². The van der Waals surface area contributed by atoms with E-state index in [1.165, 1.54) is 0 Å². The van der Waals surface area contributed by atoms with Gasteiger partial charge in [0.25, 0.3) is 0 Å². The van der Waals surface area contributed by atoms with Crippen LogP contribution in [0.1, 0.15) is 19.4 Å². The van der Waals surface area contributed by atoms with Crippen LogP contribution in [0.5, 0.6) is 0 Å². The van der Waals surface area contributed by atoms with Gasteiger partial charge in [-0.3, -0.25) is 4.79 Å². The average Bonchev–Trinajstić information content (AvgIpc) is 2.46. The second kappa shape index (κ2) is 6.61. The summed E-state index contributed by atoms with van der Waals surface area (Å²) >= 11 is 1.58. The minimum atomic E-state index is 0.152. The van der Waals surface area contributed by atoms with Crippen LogP contribution in [0, 0.1) is 0 Å². The van der Waals surface area contributed by atoms with E-state index in [2.05, 4.69) is 11.7 Å². The second-order valence-electron chi connectivity index (χ2n) is 4.37. The first kappa shape index (κ1) is 14.7. The molecule has 0 unspecified atom stereocenters. The van der Waals surface area contributed by atoms with E-state index in [9.17, 15) is 4.79 Å². The van der Waals surface area contributed by atoms with E-state index in [4.69, 9.17) is 4.84 Å². The molecule has 5 heteroatoms.